The number of ketones is 1. The zero-order chi connectivity index (χ0) is 14.7. The summed E-state index contributed by atoms with van der Waals surface area (Å²) in [7, 11) is 0. The highest BCUT2D eigenvalue weighted by molar-refractivity contribution is 5.97. The maximum Gasteiger partial charge on any atom is 0.159 e. The first kappa shape index (κ1) is 13.7. The number of ether oxygens (including phenoxy) is 1. The second-order valence-corrected chi connectivity index (χ2v) is 5.02. The summed E-state index contributed by atoms with van der Waals surface area (Å²) in [5.41, 5.74) is 3.80. The van der Waals surface area contributed by atoms with Gasteiger partial charge in [-0.2, -0.15) is 10.2 Å². The lowest BCUT2D eigenvalue weighted by Gasteiger charge is -2.30. The van der Waals surface area contributed by atoms with Gasteiger partial charge in [-0.25, -0.2) is 0 Å². The third-order valence-corrected chi connectivity index (χ3v) is 3.65. The minimum Gasteiger partial charge on any atom is -0.378 e. The minimum atomic E-state index is 0.0618. The quantitative estimate of drug-likeness (QED) is 0.808. The van der Waals surface area contributed by atoms with Crippen molar-refractivity contribution in [1.82, 2.24) is 10.2 Å². The van der Waals surface area contributed by atoms with Crippen molar-refractivity contribution in [1.29, 1.82) is 0 Å². The minimum absolute atomic E-state index is 0.0618. The van der Waals surface area contributed by atoms with Crippen LogP contribution in [0, 0.1) is 0 Å². The van der Waals surface area contributed by atoms with Crippen LogP contribution in [0.1, 0.15) is 17.3 Å². The maximum atomic E-state index is 11.7. The molecule has 2 aromatic rings. The standard InChI is InChI=1S/C16H17N3O2/c1-12(20)13-2-3-16(19-6-8-21-9-7-19)15(10-13)14-4-5-17-18-11-14/h2-5,10-11H,6-9H2,1H3. The Bertz CT molecular complexity index is 637. The van der Waals surface area contributed by atoms with Gasteiger partial charge in [-0.05, 0) is 31.2 Å². The zero-order valence-electron chi connectivity index (χ0n) is 12.0. The molecule has 0 spiro atoms. The van der Waals surface area contributed by atoms with Gasteiger partial charge in [-0.1, -0.05) is 0 Å². The highest BCUT2D eigenvalue weighted by Gasteiger charge is 2.17. The average molecular weight is 283 g/mol. The van der Waals surface area contributed by atoms with Crippen molar-refractivity contribution < 1.29 is 9.53 Å². The van der Waals surface area contributed by atoms with E-state index in [1.807, 2.05) is 24.3 Å². The van der Waals surface area contributed by atoms with E-state index < -0.39 is 0 Å². The second kappa shape index (κ2) is 6.01. The molecule has 1 aromatic carbocycles. The van der Waals surface area contributed by atoms with Crippen LogP contribution in [0.3, 0.4) is 0 Å². The van der Waals surface area contributed by atoms with Gasteiger partial charge in [-0.3, -0.25) is 4.79 Å². The van der Waals surface area contributed by atoms with Gasteiger partial charge in [-0.15, -0.1) is 0 Å². The van der Waals surface area contributed by atoms with E-state index in [0.29, 0.717) is 5.56 Å². The van der Waals surface area contributed by atoms with Gasteiger partial charge in [0.2, 0.25) is 0 Å². The number of anilines is 1. The lowest BCUT2D eigenvalue weighted by atomic mass is 10.00. The predicted octanol–water partition coefficient (Wildman–Crippen LogP) is 2.18. The van der Waals surface area contributed by atoms with Crippen molar-refractivity contribution in [2.75, 3.05) is 31.2 Å². The Morgan fingerprint density at radius 1 is 1.19 bits per heavy atom. The van der Waals surface area contributed by atoms with Crippen LogP contribution in [0.2, 0.25) is 0 Å². The highest BCUT2D eigenvalue weighted by Crippen LogP contribution is 2.32. The van der Waals surface area contributed by atoms with E-state index in [0.717, 1.165) is 43.1 Å². The van der Waals surface area contributed by atoms with Crippen molar-refractivity contribution in [3.8, 4) is 11.1 Å². The van der Waals surface area contributed by atoms with Gasteiger partial charge in [0.1, 0.15) is 0 Å². The third kappa shape index (κ3) is 2.92. The number of Topliss-reactive ketones (excluding diaryl/α,β-unsaturated/α-hetero) is 1. The summed E-state index contributed by atoms with van der Waals surface area (Å²) in [4.78, 5) is 13.9. The highest BCUT2D eigenvalue weighted by atomic mass is 16.5. The molecule has 0 atom stereocenters. The first-order valence-corrected chi connectivity index (χ1v) is 7.00. The molecule has 2 heterocycles. The predicted molar refractivity (Wildman–Crippen MR) is 80.5 cm³/mol. The Morgan fingerprint density at radius 3 is 2.67 bits per heavy atom. The van der Waals surface area contributed by atoms with E-state index in [-0.39, 0.29) is 5.78 Å². The zero-order valence-corrected chi connectivity index (χ0v) is 12.0. The molecular formula is C16H17N3O2. The molecule has 1 fully saturated rings. The van der Waals surface area contributed by atoms with Crippen molar-refractivity contribution >= 4 is 11.5 Å². The van der Waals surface area contributed by atoms with Crippen molar-refractivity contribution in [2.45, 2.75) is 6.92 Å². The SMILES string of the molecule is CC(=O)c1ccc(N2CCOCC2)c(-c2ccnnc2)c1. The number of carbonyl (C=O) groups is 1. The van der Waals surface area contributed by atoms with Crippen LogP contribution >= 0.6 is 0 Å². The first-order valence-electron chi connectivity index (χ1n) is 7.00. The summed E-state index contributed by atoms with van der Waals surface area (Å²) in [6.07, 6.45) is 3.39. The van der Waals surface area contributed by atoms with Crippen molar-refractivity contribution in [3.05, 3.63) is 42.2 Å². The molecule has 0 unspecified atom stereocenters. The second-order valence-electron chi connectivity index (χ2n) is 5.02. The Balaban J connectivity index is 2.08. The molecule has 1 aromatic heterocycles. The number of nitrogens with zero attached hydrogens (tertiary/aromatic N) is 3. The van der Waals surface area contributed by atoms with Gasteiger partial charge in [0.25, 0.3) is 0 Å². The lowest BCUT2D eigenvalue weighted by molar-refractivity contribution is 0.101. The molecule has 0 N–H and O–H groups in total. The van der Waals surface area contributed by atoms with Crippen LogP contribution in [-0.2, 0) is 4.74 Å². The number of morpholine rings is 1. The lowest BCUT2D eigenvalue weighted by Crippen LogP contribution is -2.36. The van der Waals surface area contributed by atoms with E-state index in [2.05, 4.69) is 15.1 Å². The summed E-state index contributed by atoms with van der Waals surface area (Å²) >= 11 is 0. The molecule has 1 aliphatic rings. The molecule has 0 radical (unpaired) electrons. The van der Waals surface area contributed by atoms with Gasteiger partial charge >= 0.3 is 0 Å². The normalized spacial score (nSPS) is 15.0. The Morgan fingerprint density at radius 2 is 2.00 bits per heavy atom. The van der Waals surface area contributed by atoms with Gasteiger partial charge < -0.3 is 9.64 Å². The molecule has 0 bridgehead atoms. The van der Waals surface area contributed by atoms with Gasteiger partial charge in [0.05, 0.1) is 25.6 Å². The molecule has 5 nitrogen and oxygen atoms in total. The smallest absolute Gasteiger partial charge is 0.159 e. The van der Waals surface area contributed by atoms with Crippen LogP contribution in [0.5, 0.6) is 0 Å². The molecule has 1 aliphatic heterocycles. The van der Waals surface area contributed by atoms with Crippen LogP contribution in [0.4, 0.5) is 5.69 Å². The topological polar surface area (TPSA) is 55.3 Å². The molecule has 21 heavy (non-hydrogen) atoms. The summed E-state index contributed by atoms with van der Waals surface area (Å²) in [5.74, 6) is 0.0618. The molecule has 5 heteroatoms. The Labute approximate surface area is 123 Å². The van der Waals surface area contributed by atoms with E-state index in [1.165, 1.54) is 0 Å². The average Bonchev–Trinajstić information content (AvgIpc) is 2.56. The fourth-order valence-electron chi connectivity index (χ4n) is 2.52. The summed E-state index contributed by atoms with van der Waals surface area (Å²) in [6, 6.07) is 7.74. The number of rotatable bonds is 3. The summed E-state index contributed by atoms with van der Waals surface area (Å²) in [5, 5.41) is 7.76. The number of benzene rings is 1. The Hall–Kier alpha value is -2.27. The molecular weight excluding hydrogens is 266 g/mol. The number of hydrogen-bond acceptors (Lipinski definition) is 5. The Kier molecular flexibility index (Phi) is 3.92. The first-order chi connectivity index (χ1) is 10.3. The van der Waals surface area contributed by atoms with E-state index in [9.17, 15) is 4.79 Å². The summed E-state index contributed by atoms with van der Waals surface area (Å²) in [6.45, 7) is 4.74. The van der Waals surface area contributed by atoms with Gasteiger partial charge in [0.15, 0.2) is 5.78 Å². The van der Waals surface area contributed by atoms with Crippen molar-refractivity contribution in [3.63, 3.8) is 0 Å². The monoisotopic (exact) mass is 283 g/mol. The van der Waals surface area contributed by atoms with E-state index in [1.54, 1.807) is 19.3 Å². The van der Waals surface area contributed by atoms with E-state index in [4.69, 9.17) is 4.74 Å². The van der Waals surface area contributed by atoms with Crippen LogP contribution in [0.15, 0.2) is 36.7 Å². The van der Waals surface area contributed by atoms with Crippen LogP contribution < -0.4 is 4.90 Å². The molecule has 0 aliphatic carbocycles. The van der Waals surface area contributed by atoms with Crippen LogP contribution in [-0.4, -0.2) is 42.3 Å². The summed E-state index contributed by atoms with van der Waals surface area (Å²) < 4.78 is 5.41. The van der Waals surface area contributed by atoms with Gasteiger partial charge in [0, 0.05) is 35.5 Å². The number of carbonyl (C=O) groups excluding carboxylic acids is 1. The fourth-order valence-corrected chi connectivity index (χ4v) is 2.52. The third-order valence-electron chi connectivity index (χ3n) is 3.65. The van der Waals surface area contributed by atoms with Crippen molar-refractivity contribution in [2.24, 2.45) is 0 Å². The fraction of sp³-hybridized carbons (Fsp3) is 0.312. The largest absolute Gasteiger partial charge is 0.378 e. The number of aromatic nitrogens is 2. The molecule has 1 saturated heterocycles. The molecule has 0 amide bonds. The van der Waals surface area contributed by atoms with Crippen LogP contribution in [0.25, 0.3) is 11.1 Å². The molecule has 3 rings (SSSR count). The number of hydrogen-bond donors (Lipinski definition) is 0. The molecule has 108 valence electrons. The molecule has 0 saturated carbocycles. The van der Waals surface area contributed by atoms with E-state index >= 15 is 0 Å². The maximum absolute atomic E-state index is 11.7.